The number of rotatable bonds is 9. The van der Waals surface area contributed by atoms with Gasteiger partial charge in [-0.1, -0.05) is 30.3 Å². The molecule has 0 saturated heterocycles. The summed E-state index contributed by atoms with van der Waals surface area (Å²) in [6.45, 7) is 1.13. The second-order valence-corrected chi connectivity index (χ2v) is 6.04. The number of nitrogens with one attached hydrogen (secondary N) is 1. The summed E-state index contributed by atoms with van der Waals surface area (Å²) in [6, 6.07) is 24.0. The Morgan fingerprint density at radius 2 is 1.39 bits per heavy atom. The van der Waals surface area contributed by atoms with Gasteiger partial charge in [-0.15, -0.1) is 0 Å². The number of methoxy groups -OCH3 is 1. The topological polar surface area (TPSA) is 56.8 Å². The second-order valence-electron chi connectivity index (χ2n) is 6.04. The highest BCUT2D eigenvalue weighted by atomic mass is 16.5. The molecule has 1 amide bonds. The fourth-order valence-electron chi connectivity index (χ4n) is 2.60. The lowest BCUT2D eigenvalue weighted by molar-refractivity contribution is 0.102. The number of carbonyl (C=O) groups excluding carboxylic acids is 1. The van der Waals surface area contributed by atoms with E-state index < -0.39 is 0 Å². The van der Waals surface area contributed by atoms with Gasteiger partial charge in [0.05, 0.1) is 26.0 Å². The highest BCUT2D eigenvalue weighted by Gasteiger charge is 2.09. The highest BCUT2D eigenvalue weighted by molar-refractivity contribution is 6.05. The summed E-state index contributed by atoms with van der Waals surface area (Å²) in [5.74, 6) is 1.99. The van der Waals surface area contributed by atoms with Crippen molar-refractivity contribution in [3.05, 3.63) is 84.4 Å². The number of anilines is 1. The average molecular weight is 377 g/mol. The van der Waals surface area contributed by atoms with Crippen molar-refractivity contribution in [2.45, 2.75) is 6.42 Å². The molecule has 5 heteroatoms. The Balaban J connectivity index is 1.44. The van der Waals surface area contributed by atoms with E-state index in [0.29, 0.717) is 36.0 Å². The molecule has 0 saturated carbocycles. The molecule has 0 aliphatic carbocycles. The number of hydrogen-bond acceptors (Lipinski definition) is 4. The van der Waals surface area contributed by atoms with Crippen molar-refractivity contribution in [1.82, 2.24) is 0 Å². The summed E-state index contributed by atoms with van der Waals surface area (Å²) in [5.41, 5.74) is 1.18. The predicted octanol–water partition coefficient (Wildman–Crippen LogP) is 4.80. The van der Waals surface area contributed by atoms with Crippen molar-refractivity contribution < 1.29 is 19.0 Å². The lowest BCUT2D eigenvalue weighted by Crippen LogP contribution is -2.12. The van der Waals surface area contributed by atoms with Crippen LogP contribution in [-0.2, 0) is 0 Å². The molecule has 0 bridgehead atoms. The molecular formula is C23H23NO4. The highest BCUT2D eigenvalue weighted by Crippen LogP contribution is 2.24. The number of ether oxygens (including phenoxy) is 3. The Hall–Kier alpha value is -3.47. The van der Waals surface area contributed by atoms with E-state index >= 15 is 0 Å². The number of amides is 1. The Labute approximate surface area is 164 Å². The maximum Gasteiger partial charge on any atom is 0.255 e. The van der Waals surface area contributed by atoms with Gasteiger partial charge in [-0.2, -0.15) is 0 Å². The third-order valence-corrected chi connectivity index (χ3v) is 4.04. The quantitative estimate of drug-likeness (QED) is 0.545. The van der Waals surface area contributed by atoms with E-state index in [0.717, 1.165) is 12.2 Å². The molecule has 0 aliphatic heterocycles. The number of para-hydroxylation sites is 3. The summed E-state index contributed by atoms with van der Waals surface area (Å²) in [7, 11) is 1.57. The summed E-state index contributed by atoms with van der Waals surface area (Å²) in [6.07, 6.45) is 0.769. The summed E-state index contributed by atoms with van der Waals surface area (Å²) in [5, 5.41) is 2.85. The van der Waals surface area contributed by atoms with Crippen LogP contribution in [-0.4, -0.2) is 26.2 Å². The van der Waals surface area contributed by atoms with Gasteiger partial charge in [0.1, 0.15) is 17.2 Å². The van der Waals surface area contributed by atoms with Crippen LogP contribution in [0.15, 0.2) is 78.9 Å². The molecule has 144 valence electrons. The molecule has 0 atom stereocenters. The van der Waals surface area contributed by atoms with Crippen LogP contribution in [0, 0.1) is 0 Å². The molecule has 0 heterocycles. The predicted molar refractivity (Wildman–Crippen MR) is 109 cm³/mol. The lowest BCUT2D eigenvalue weighted by Gasteiger charge is -2.11. The van der Waals surface area contributed by atoms with Crippen molar-refractivity contribution >= 4 is 11.6 Å². The molecule has 3 aromatic rings. The molecule has 0 aromatic heterocycles. The van der Waals surface area contributed by atoms with Gasteiger partial charge in [0.25, 0.3) is 5.91 Å². The maximum absolute atomic E-state index is 12.4. The van der Waals surface area contributed by atoms with E-state index in [9.17, 15) is 4.79 Å². The first-order chi connectivity index (χ1) is 13.8. The van der Waals surface area contributed by atoms with Crippen LogP contribution in [0.5, 0.6) is 17.2 Å². The van der Waals surface area contributed by atoms with Crippen LogP contribution >= 0.6 is 0 Å². The number of hydrogen-bond donors (Lipinski definition) is 1. The van der Waals surface area contributed by atoms with Crippen LogP contribution < -0.4 is 19.5 Å². The molecule has 0 fully saturated rings. The molecule has 28 heavy (non-hydrogen) atoms. The van der Waals surface area contributed by atoms with Gasteiger partial charge < -0.3 is 19.5 Å². The molecule has 3 aromatic carbocycles. The molecule has 0 aliphatic rings. The molecule has 0 spiro atoms. The zero-order chi connectivity index (χ0) is 19.6. The van der Waals surface area contributed by atoms with Crippen LogP contribution in [0.25, 0.3) is 0 Å². The van der Waals surface area contributed by atoms with Gasteiger partial charge >= 0.3 is 0 Å². The van der Waals surface area contributed by atoms with E-state index in [2.05, 4.69) is 5.32 Å². The van der Waals surface area contributed by atoms with Gasteiger partial charge in [0.15, 0.2) is 0 Å². The van der Waals surface area contributed by atoms with E-state index in [-0.39, 0.29) is 5.91 Å². The summed E-state index contributed by atoms with van der Waals surface area (Å²) in [4.78, 5) is 12.4. The Bertz CT molecular complexity index is 879. The standard InChI is InChI=1S/C23H23NO4/c1-26-22-11-6-5-10-21(22)24-23(25)18-12-14-20(15-13-18)28-17-7-16-27-19-8-3-2-4-9-19/h2-6,8-15H,7,16-17H2,1H3,(H,24,25). The molecule has 3 rings (SSSR count). The van der Waals surface area contributed by atoms with Crippen molar-refractivity contribution in [1.29, 1.82) is 0 Å². The van der Waals surface area contributed by atoms with Crippen molar-refractivity contribution in [2.24, 2.45) is 0 Å². The van der Waals surface area contributed by atoms with Gasteiger partial charge in [0.2, 0.25) is 0 Å². The van der Waals surface area contributed by atoms with E-state index in [1.807, 2.05) is 42.5 Å². The molecular weight excluding hydrogens is 354 g/mol. The van der Waals surface area contributed by atoms with Gasteiger partial charge in [-0.3, -0.25) is 4.79 Å². The smallest absolute Gasteiger partial charge is 0.255 e. The van der Waals surface area contributed by atoms with Crippen LogP contribution in [0.4, 0.5) is 5.69 Å². The monoisotopic (exact) mass is 377 g/mol. The van der Waals surface area contributed by atoms with Gasteiger partial charge in [-0.25, -0.2) is 0 Å². The zero-order valence-electron chi connectivity index (χ0n) is 15.8. The minimum Gasteiger partial charge on any atom is -0.495 e. The van der Waals surface area contributed by atoms with Crippen molar-refractivity contribution in [2.75, 3.05) is 25.6 Å². The van der Waals surface area contributed by atoms with E-state index in [1.165, 1.54) is 0 Å². The molecule has 1 N–H and O–H groups in total. The minimum atomic E-state index is -0.202. The zero-order valence-corrected chi connectivity index (χ0v) is 15.8. The molecule has 5 nitrogen and oxygen atoms in total. The summed E-state index contributed by atoms with van der Waals surface area (Å²) >= 11 is 0. The largest absolute Gasteiger partial charge is 0.495 e. The number of carbonyl (C=O) groups is 1. The number of benzene rings is 3. The normalized spacial score (nSPS) is 10.2. The Kier molecular flexibility index (Phi) is 6.90. The van der Waals surface area contributed by atoms with Crippen molar-refractivity contribution in [3.63, 3.8) is 0 Å². The van der Waals surface area contributed by atoms with Gasteiger partial charge in [0, 0.05) is 12.0 Å². The van der Waals surface area contributed by atoms with Gasteiger partial charge in [-0.05, 0) is 48.5 Å². The van der Waals surface area contributed by atoms with E-state index in [1.54, 1.807) is 43.5 Å². The second kappa shape index (κ2) is 10.0. The third-order valence-electron chi connectivity index (χ3n) is 4.04. The first-order valence-corrected chi connectivity index (χ1v) is 9.11. The molecule has 0 radical (unpaired) electrons. The third kappa shape index (κ3) is 5.51. The van der Waals surface area contributed by atoms with Crippen LogP contribution in [0.3, 0.4) is 0 Å². The first-order valence-electron chi connectivity index (χ1n) is 9.11. The van der Waals surface area contributed by atoms with Crippen molar-refractivity contribution in [3.8, 4) is 17.2 Å². The average Bonchev–Trinajstić information content (AvgIpc) is 2.75. The minimum absolute atomic E-state index is 0.202. The Morgan fingerprint density at radius 1 is 0.786 bits per heavy atom. The molecule has 0 unspecified atom stereocenters. The fourth-order valence-corrected chi connectivity index (χ4v) is 2.60. The van der Waals surface area contributed by atoms with Crippen LogP contribution in [0.2, 0.25) is 0 Å². The van der Waals surface area contributed by atoms with Crippen LogP contribution in [0.1, 0.15) is 16.8 Å². The Morgan fingerprint density at radius 3 is 2.07 bits per heavy atom. The maximum atomic E-state index is 12.4. The SMILES string of the molecule is COc1ccccc1NC(=O)c1ccc(OCCCOc2ccccc2)cc1. The first kappa shape index (κ1) is 19.3. The van der Waals surface area contributed by atoms with E-state index in [4.69, 9.17) is 14.2 Å². The summed E-state index contributed by atoms with van der Waals surface area (Å²) < 4.78 is 16.6. The lowest BCUT2D eigenvalue weighted by atomic mass is 10.2. The fraction of sp³-hybridized carbons (Fsp3) is 0.174.